The monoisotopic (exact) mass is 625 g/mol. The van der Waals surface area contributed by atoms with Crippen LogP contribution >= 0.6 is 11.3 Å². The molecule has 0 radical (unpaired) electrons. The molecule has 2 N–H and O–H groups in total. The number of carbonyl (C=O) groups is 1. The van der Waals surface area contributed by atoms with Gasteiger partial charge in [-0.25, -0.2) is 4.98 Å². The van der Waals surface area contributed by atoms with Gasteiger partial charge in [0.25, 0.3) is 0 Å². The second kappa shape index (κ2) is 15.5. The second-order valence-electron chi connectivity index (χ2n) is 12.1. The number of Topliss-reactive ketones (excluding diaryl/α,β-unsaturated/α-hetero) is 1. The van der Waals surface area contributed by atoms with Crippen molar-refractivity contribution in [3.8, 4) is 22.0 Å². The van der Waals surface area contributed by atoms with Gasteiger partial charge in [-0.3, -0.25) is 9.89 Å². The van der Waals surface area contributed by atoms with Crippen LogP contribution in [0.2, 0.25) is 0 Å². The molecule has 2 aromatic carbocycles. The molecule has 3 aromatic heterocycles. The number of aromatic nitrogens is 4. The van der Waals surface area contributed by atoms with Crippen molar-refractivity contribution >= 4 is 33.8 Å². The number of fused-ring (bicyclic) bond motifs is 1. The Labute approximate surface area is 271 Å². The first-order valence-electron chi connectivity index (χ1n) is 16.2. The van der Waals surface area contributed by atoms with Gasteiger partial charge in [0, 0.05) is 61.0 Å². The lowest BCUT2D eigenvalue weighted by molar-refractivity contribution is -0.117. The molecule has 45 heavy (non-hydrogen) atoms. The van der Waals surface area contributed by atoms with Crippen molar-refractivity contribution < 1.29 is 4.79 Å². The average Bonchev–Trinajstić information content (AvgIpc) is 3.79. The zero-order valence-electron chi connectivity index (χ0n) is 27.3. The first-order chi connectivity index (χ1) is 21.9. The van der Waals surface area contributed by atoms with Gasteiger partial charge in [0.05, 0.1) is 21.6 Å². The molecule has 1 unspecified atom stereocenters. The fourth-order valence-electron chi connectivity index (χ4n) is 5.92. The highest BCUT2D eigenvalue weighted by atomic mass is 32.1. The normalized spacial score (nSPS) is 12.3. The number of anilines is 1. The zero-order chi connectivity index (χ0) is 31.8. The Kier molecular flexibility index (Phi) is 11.2. The molecular formula is C36H47N7OS. The number of aromatic amines is 1. The minimum Gasteiger partial charge on any atom is -0.372 e. The highest BCUT2D eigenvalue weighted by Gasteiger charge is 2.19. The molecule has 0 aliphatic rings. The molecule has 5 aromatic rings. The van der Waals surface area contributed by atoms with E-state index in [2.05, 4.69) is 112 Å². The van der Waals surface area contributed by atoms with E-state index < -0.39 is 0 Å². The number of thiophene rings is 1. The maximum Gasteiger partial charge on any atom is 0.141 e. The number of aryl methyl sites for hydroxylation is 1. The fraction of sp³-hybridized carbons (Fsp3) is 0.417. The zero-order valence-corrected chi connectivity index (χ0v) is 28.2. The molecule has 0 aliphatic carbocycles. The summed E-state index contributed by atoms with van der Waals surface area (Å²) in [6.45, 7) is 10.8. The van der Waals surface area contributed by atoms with E-state index in [1.807, 2.05) is 6.07 Å². The molecule has 0 bridgehead atoms. The smallest absolute Gasteiger partial charge is 0.141 e. The molecule has 8 nitrogen and oxygen atoms in total. The summed E-state index contributed by atoms with van der Waals surface area (Å²) >= 11 is 1.73. The summed E-state index contributed by atoms with van der Waals surface area (Å²) in [6, 6.07) is 21.6. The SMILES string of the molecule is CCCN(CCC)c1ccc(-c2nc3cc(C(CC(C)=O)NCc4ccc(-c5ccn[nH]5)s4)ccc3n2CCCN(C)C)cc1. The molecule has 3 heterocycles. The molecule has 0 saturated carbocycles. The molecule has 0 spiro atoms. The third kappa shape index (κ3) is 8.28. The third-order valence-corrected chi connectivity index (χ3v) is 9.20. The van der Waals surface area contributed by atoms with Gasteiger partial charge in [0.1, 0.15) is 11.6 Å². The topological polar surface area (TPSA) is 82.1 Å². The van der Waals surface area contributed by atoms with Gasteiger partial charge in [-0.05, 0) is 107 Å². The number of benzene rings is 2. The molecule has 9 heteroatoms. The molecule has 1 atom stereocenters. The predicted octanol–water partition coefficient (Wildman–Crippen LogP) is 7.54. The van der Waals surface area contributed by atoms with E-state index in [1.54, 1.807) is 24.5 Å². The Bertz CT molecular complexity index is 1650. The number of imidazole rings is 1. The third-order valence-electron chi connectivity index (χ3n) is 8.08. The first kappa shape index (κ1) is 32.6. The van der Waals surface area contributed by atoms with Gasteiger partial charge in [-0.1, -0.05) is 19.9 Å². The van der Waals surface area contributed by atoms with Crippen molar-refractivity contribution in [2.24, 2.45) is 0 Å². The lowest BCUT2D eigenvalue weighted by atomic mass is 10.0. The summed E-state index contributed by atoms with van der Waals surface area (Å²) in [6.07, 6.45) is 5.48. The van der Waals surface area contributed by atoms with E-state index in [4.69, 9.17) is 4.98 Å². The number of hydrogen-bond acceptors (Lipinski definition) is 7. The maximum atomic E-state index is 12.4. The van der Waals surface area contributed by atoms with Crippen molar-refractivity contribution in [1.82, 2.24) is 30.0 Å². The summed E-state index contributed by atoms with van der Waals surface area (Å²) in [5.41, 5.74) is 6.57. The lowest BCUT2D eigenvalue weighted by Gasteiger charge is -2.24. The van der Waals surface area contributed by atoms with Crippen LogP contribution in [-0.4, -0.2) is 64.2 Å². The van der Waals surface area contributed by atoms with E-state index in [1.165, 1.54) is 10.6 Å². The number of rotatable bonds is 17. The number of H-pyrrole nitrogens is 1. The van der Waals surface area contributed by atoms with Gasteiger partial charge in [0.15, 0.2) is 0 Å². The van der Waals surface area contributed by atoms with Crippen molar-refractivity contribution in [1.29, 1.82) is 0 Å². The molecule has 5 rings (SSSR count). The highest BCUT2D eigenvalue weighted by molar-refractivity contribution is 7.15. The number of carbonyl (C=O) groups excluding carboxylic acids is 1. The van der Waals surface area contributed by atoms with Crippen molar-refractivity contribution in [2.75, 3.05) is 38.6 Å². The van der Waals surface area contributed by atoms with Gasteiger partial charge in [-0.15, -0.1) is 11.3 Å². The molecule has 0 amide bonds. The average molecular weight is 626 g/mol. The van der Waals surface area contributed by atoms with Gasteiger partial charge in [-0.2, -0.15) is 5.10 Å². The highest BCUT2D eigenvalue weighted by Crippen LogP contribution is 2.31. The van der Waals surface area contributed by atoms with Crippen molar-refractivity contribution in [3.05, 3.63) is 77.3 Å². The van der Waals surface area contributed by atoms with E-state index in [-0.39, 0.29) is 11.8 Å². The Morgan fingerprint density at radius 1 is 1.00 bits per heavy atom. The van der Waals surface area contributed by atoms with Gasteiger partial charge < -0.3 is 19.7 Å². The second-order valence-corrected chi connectivity index (χ2v) is 13.3. The summed E-state index contributed by atoms with van der Waals surface area (Å²) in [4.78, 5) is 24.6. The van der Waals surface area contributed by atoms with Gasteiger partial charge >= 0.3 is 0 Å². The van der Waals surface area contributed by atoms with Crippen LogP contribution in [0.25, 0.3) is 33.0 Å². The number of nitrogens with zero attached hydrogens (tertiary/aromatic N) is 5. The number of nitrogens with one attached hydrogen (secondary N) is 2. The minimum atomic E-state index is -0.102. The van der Waals surface area contributed by atoms with Crippen LogP contribution < -0.4 is 10.2 Å². The van der Waals surface area contributed by atoms with E-state index in [0.717, 1.165) is 84.0 Å². The van der Waals surface area contributed by atoms with Crippen LogP contribution in [0.15, 0.2) is 66.9 Å². The quantitative estimate of drug-likeness (QED) is 0.111. The molecule has 238 valence electrons. The first-order valence-corrected chi connectivity index (χ1v) is 17.0. The fourth-order valence-corrected chi connectivity index (χ4v) is 6.85. The van der Waals surface area contributed by atoms with E-state index >= 15 is 0 Å². The van der Waals surface area contributed by atoms with Crippen LogP contribution in [0.1, 0.15) is 62.9 Å². The Hall–Kier alpha value is -3.79. The summed E-state index contributed by atoms with van der Waals surface area (Å²) in [5.74, 6) is 1.15. The van der Waals surface area contributed by atoms with Crippen LogP contribution in [0, 0.1) is 0 Å². The number of hydrogen-bond donors (Lipinski definition) is 2. The Morgan fingerprint density at radius 2 is 1.78 bits per heavy atom. The Balaban J connectivity index is 1.43. The predicted molar refractivity (Wildman–Crippen MR) is 188 cm³/mol. The molecule has 0 fully saturated rings. The minimum absolute atomic E-state index is 0.102. The summed E-state index contributed by atoms with van der Waals surface area (Å²) < 4.78 is 2.36. The molecule has 0 aliphatic heterocycles. The lowest BCUT2D eigenvalue weighted by Crippen LogP contribution is -2.24. The van der Waals surface area contributed by atoms with E-state index in [9.17, 15) is 4.79 Å². The standard InChI is InChI=1S/C36H47N7OS/c1-6-19-42(20-7-2)29-12-9-27(10-13-29)36-39-33-24-28(11-15-34(33)43(36)22-8-21-41(4)5)32(23-26(3)44)37-25-30-14-16-35(45-30)31-17-18-38-40-31/h9-18,24,32,37H,6-8,19-23,25H2,1-5H3,(H,38,40). The van der Waals surface area contributed by atoms with Crippen LogP contribution in [0.4, 0.5) is 5.69 Å². The summed E-state index contributed by atoms with van der Waals surface area (Å²) in [7, 11) is 4.24. The van der Waals surface area contributed by atoms with Crippen molar-refractivity contribution in [3.63, 3.8) is 0 Å². The maximum absolute atomic E-state index is 12.4. The molecule has 0 saturated heterocycles. The largest absolute Gasteiger partial charge is 0.372 e. The molecular weight excluding hydrogens is 579 g/mol. The Morgan fingerprint density at radius 3 is 2.44 bits per heavy atom. The van der Waals surface area contributed by atoms with E-state index in [0.29, 0.717) is 13.0 Å². The summed E-state index contributed by atoms with van der Waals surface area (Å²) in [5, 5.41) is 10.8. The number of ketones is 1. The van der Waals surface area contributed by atoms with Crippen molar-refractivity contribution in [2.45, 2.75) is 65.6 Å². The van der Waals surface area contributed by atoms with Crippen LogP contribution in [-0.2, 0) is 17.9 Å². The van der Waals surface area contributed by atoms with Gasteiger partial charge in [0.2, 0.25) is 0 Å². The van der Waals surface area contributed by atoms with Crippen LogP contribution in [0.3, 0.4) is 0 Å². The van der Waals surface area contributed by atoms with Crippen LogP contribution in [0.5, 0.6) is 0 Å².